The molecule has 1 unspecified atom stereocenters. The molecule has 1 heterocycles. The van der Waals surface area contributed by atoms with Crippen molar-refractivity contribution in [2.45, 2.75) is 44.2 Å². The first-order valence-corrected chi connectivity index (χ1v) is 8.69. The Morgan fingerprint density at radius 3 is 2.70 bits per heavy atom. The fourth-order valence-corrected chi connectivity index (χ4v) is 4.23. The summed E-state index contributed by atoms with van der Waals surface area (Å²) < 4.78 is 26.8. The average molecular weight is 338 g/mol. The number of aromatic nitrogens is 1. The summed E-state index contributed by atoms with van der Waals surface area (Å²) in [5.74, 6) is -1.36. The van der Waals surface area contributed by atoms with Gasteiger partial charge in [0, 0.05) is 29.2 Å². The summed E-state index contributed by atoms with van der Waals surface area (Å²) >= 11 is 1.62. The third kappa shape index (κ3) is 3.44. The second-order valence-electron chi connectivity index (χ2n) is 6.15. The Kier molecular flexibility index (Phi) is 4.75. The molecule has 6 heteroatoms. The largest absolute Gasteiger partial charge is 0.387 e. The first-order chi connectivity index (χ1) is 11.0. The maximum atomic E-state index is 13.8. The van der Waals surface area contributed by atoms with Crippen LogP contribution in [0.1, 0.15) is 48.1 Å². The van der Waals surface area contributed by atoms with Gasteiger partial charge in [0.25, 0.3) is 0 Å². The Hall–Kier alpha value is -1.37. The fraction of sp³-hybridized carbons (Fsp3) is 0.471. The number of aryl methyl sites for hydroxylation is 1. The van der Waals surface area contributed by atoms with Crippen molar-refractivity contribution in [1.82, 2.24) is 10.3 Å². The van der Waals surface area contributed by atoms with E-state index in [0.717, 1.165) is 48.5 Å². The first-order valence-electron chi connectivity index (χ1n) is 7.81. The molecular weight excluding hydrogens is 318 g/mol. The Morgan fingerprint density at radius 2 is 2.09 bits per heavy atom. The van der Waals surface area contributed by atoms with Crippen molar-refractivity contribution >= 4 is 11.3 Å². The summed E-state index contributed by atoms with van der Waals surface area (Å²) in [7, 11) is 0. The third-order valence-electron chi connectivity index (χ3n) is 4.44. The highest BCUT2D eigenvalue weighted by Gasteiger charge is 2.38. The van der Waals surface area contributed by atoms with Crippen LogP contribution < -0.4 is 5.32 Å². The fourth-order valence-electron chi connectivity index (χ4n) is 3.19. The summed E-state index contributed by atoms with van der Waals surface area (Å²) in [6.07, 6.45) is 3.10. The Bertz CT molecular complexity index is 683. The topological polar surface area (TPSA) is 45.1 Å². The van der Waals surface area contributed by atoms with Crippen LogP contribution in [0, 0.1) is 18.6 Å². The first kappa shape index (κ1) is 16.5. The SMILES string of the molecule is Cc1csc(C2(NCC(O)c3ccc(F)cc3F)CCCC2)n1. The van der Waals surface area contributed by atoms with Crippen LogP contribution in [0.2, 0.25) is 0 Å². The number of nitrogens with one attached hydrogen (secondary N) is 1. The van der Waals surface area contributed by atoms with Gasteiger partial charge in [-0.1, -0.05) is 18.9 Å². The lowest BCUT2D eigenvalue weighted by molar-refractivity contribution is 0.151. The number of benzene rings is 1. The van der Waals surface area contributed by atoms with Crippen LogP contribution in [0.4, 0.5) is 8.78 Å². The molecule has 1 atom stereocenters. The zero-order valence-corrected chi connectivity index (χ0v) is 13.8. The van der Waals surface area contributed by atoms with Crippen molar-refractivity contribution in [2.24, 2.45) is 0 Å². The normalized spacial score (nSPS) is 18.3. The van der Waals surface area contributed by atoms with Crippen LogP contribution in [-0.2, 0) is 5.54 Å². The van der Waals surface area contributed by atoms with Crippen LogP contribution in [0.5, 0.6) is 0 Å². The summed E-state index contributed by atoms with van der Waals surface area (Å²) in [5.41, 5.74) is 0.863. The molecule has 0 aliphatic heterocycles. The standard InChI is InChI=1S/C17H20F2N2OS/c1-11-10-23-16(21-11)17(6-2-3-7-17)20-9-15(22)13-5-4-12(18)8-14(13)19/h4-5,8,10,15,20,22H,2-3,6-7,9H2,1H3. The molecule has 1 aromatic carbocycles. The molecule has 2 aromatic rings. The Balaban J connectivity index is 1.74. The van der Waals surface area contributed by atoms with Crippen LogP contribution >= 0.6 is 11.3 Å². The molecule has 0 bridgehead atoms. The highest BCUT2D eigenvalue weighted by atomic mass is 32.1. The molecule has 1 aromatic heterocycles. The van der Waals surface area contributed by atoms with E-state index in [0.29, 0.717) is 0 Å². The van der Waals surface area contributed by atoms with E-state index in [1.807, 2.05) is 12.3 Å². The molecule has 3 rings (SSSR count). The number of aliphatic hydroxyl groups excluding tert-OH is 1. The zero-order chi connectivity index (χ0) is 16.4. The van der Waals surface area contributed by atoms with E-state index in [-0.39, 0.29) is 17.6 Å². The summed E-state index contributed by atoms with van der Waals surface area (Å²) in [6.45, 7) is 2.17. The van der Waals surface area contributed by atoms with Crippen LogP contribution in [-0.4, -0.2) is 16.6 Å². The molecule has 0 spiro atoms. The van der Waals surface area contributed by atoms with Gasteiger partial charge < -0.3 is 10.4 Å². The number of rotatable bonds is 5. The van der Waals surface area contributed by atoms with Gasteiger partial charge in [-0.25, -0.2) is 13.8 Å². The van der Waals surface area contributed by atoms with E-state index >= 15 is 0 Å². The zero-order valence-electron chi connectivity index (χ0n) is 13.0. The lowest BCUT2D eigenvalue weighted by Gasteiger charge is -2.29. The summed E-state index contributed by atoms with van der Waals surface area (Å²) in [6, 6.07) is 3.26. The van der Waals surface area contributed by atoms with E-state index in [1.54, 1.807) is 11.3 Å². The second-order valence-corrected chi connectivity index (χ2v) is 7.00. The molecule has 23 heavy (non-hydrogen) atoms. The molecule has 0 amide bonds. The Morgan fingerprint density at radius 1 is 1.35 bits per heavy atom. The van der Waals surface area contributed by atoms with E-state index < -0.39 is 17.7 Å². The number of aliphatic hydroxyl groups is 1. The maximum absolute atomic E-state index is 13.8. The molecule has 1 fully saturated rings. The summed E-state index contributed by atoms with van der Waals surface area (Å²) in [5, 5.41) is 16.7. The molecule has 1 aliphatic rings. The minimum absolute atomic E-state index is 0.113. The van der Waals surface area contributed by atoms with Crippen molar-refractivity contribution < 1.29 is 13.9 Å². The van der Waals surface area contributed by atoms with Gasteiger partial charge in [-0.15, -0.1) is 11.3 Å². The van der Waals surface area contributed by atoms with Crippen molar-refractivity contribution in [1.29, 1.82) is 0 Å². The van der Waals surface area contributed by atoms with E-state index in [2.05, 4.69) is 10.3 Å². The predicted octanol–water partition coefficient (Wildman–Crippen LogP) is 3.82. The number of thiazole rings is 1. The molecule has 0 saturated heterocycles. The van der Waals surface area contributed by atoms with E-state index in [4.69, 9.17) is 0 Å². The van der Waals surface area contributed by atoms with Crippen LogP contribution in [0.15, 0.2) is 23.6 Å². The Labute approximate surface area is 138 Å². The van der Waals surface area contributed by atoms with Gasteiger partial charge >= 0.3 is 0 Å². The third-order valence-corrected chi connectivity index (χ3v) is 5.61. The molecule has 124 valence electrons. The average Bonchev–Trinajstić information content (AvgIpc) is 3.14. The van der Waals surface area contributed by atoms with Gasteiger partial charge in [-0.2, -0.15) is 0 Å². The minimum atomic E-state index is -1.02. The molecule has 1 aliphatic carbocycles. The summed E-state index contributed by atoms with van der Waals surface area (Å²) in [4.78, 5) is 4.60. The second kappa shape index (κ2) is 6.63. The van der Waals surface area contributed by atoms with Crippen molar-refractivity contribution in [3.8, 4) is 0 Å². The van der Waals surface area contributed by atoms with Crippen molar-refractivity contribution in [3.05, 3.63) is 51.5 Å². The monoisotopic (exact) mass is 338 g/mol. The molecule has 1 saturated carbocycles. The van der Waals surface area contributed by atoms with Gasteiger partial charge in [0.2, 0.25) is 0 Å². The lowest BCUT2D eigenvalue weighted by Crippen LogP contribution is -2.42. The van der Waals surface area contributed by atoms with Gasteiger partial charge in [-0.3, -0.25) is 0 Å². The molecule has 2 N–H and O–H groups in total. The van der Waals surface area contributed by atoms with E-state index in [9.17, 15) is 13.9 Å². The highest BCUT2D eigenvalue weighted by Crippen LogP contribution is 2.40. The van der Waals surface area contributed by atoms with Crippen LogP contribution in [0.3, 0.4) is 0 Å². The predicted molar refractivity (Wildman–Crippen MR) is 86.3 cm³/mol. The molecule has 3 nitrogen and oxygen atoms in total. The number of hydrogen-bond acceptors (Lipinski definition) is 4. The quantitative estimate of drug-likeness (QED) is 0.871. The number of halogens is 2. The van der Waals surface area contributed by atoms with Crippen LogP contribution in [0.25, 0.3) is 0 Å². The number of nitrogens with zero attached hydrogens (tertiary/aromatic N) is 1. The highest BCUT2D eigenvalue weighted by molar-refractivity contribution is 7.09. The van der Waals surface area contributed by atoms with Crippen molar-refractivity contribution in [2.75, 3.05) is 6.54 Å². The van der Waals surface area contributed by atoms with E-state index in [1.165, 1.54) is 6.07 Å². The smallest absolute Gasteiger partial charge is 0.131 e. The number of hydrogen-bond donors (Lipinski definition) is 2. The maximum Gasteiger partial charge on any atom is 0.131 e. The minimum Gasteiger partial charge on any atom is -0.387 e. The van der Waals surface area contributed by atoms with Gasteiger partial charge in [-0.05, 0) is 25.8 Å². The molecular formula is C17H20F2N2OS. The molecule has 0 radical (unpaired) electrons. The van der Waals surface area contributed by atoms with Crippen molar-refractivity contribution in [3.63, 3.8) is 0 Å². The van der Waals surface area contributed by atoms with Gasteiger partial charge in [0.15, 0.2) is 0 Å². The van der Waals surface area contributed by atoms with Gasteiger partial charge in [0.1, 0.15) is 16.6 Å². The lowest BCUT2D eigenvalue weighted by atomic mass is 9.97. The van der Waals surface area contributed by atoms with Gasteiger partial charge in [0.05, 0.1) is 11.6 Å².